The second kappa shape index (κ2) is 5.77. The smallest absolute Gasteiger partial charge is 0.290 e. The van der Waals surface area contributed by atoms with Gasteiger partial charge in [-0.05, 0) is 26.8 Å². The lowest BCUT2D eigenvalue weighted by atomic mass is 10.0. The number of ether oxygens (including phenoxy) is 1. The van der Waals surface area contributed by atoms with Gasteiger partial charge >= 0.3 is 0 Å². The minimum absolute atomic E-state index is 0.192. The second-order valence-corrected chi connectivity index (χ2v) is 4.77. The largest absolute Gasteiger partial charge is 0.496 e. The van der Waals surface area contributed by atoms with Crippen LogP contribution in [0, 0.1) is 13.8 Å². The minimum Gasteiger partial charge on any atom is -0.496 e. The number of amides is 1. The third kappa shape index (κ3) is 2.99. The molecule has 1 aromatic carbocycles. The summed E-state index contributed by atoms with van der Waals surface area (Å²) in [6.45, 7) is 5.67. The summed E-state index contributed by atoms with van der Waals surface area (Å²) in [5.74, 6) is 0.666. The van der Waals surface area contributed by atoms with Gasteiger partial charge in [-0.3, -0.25) is 4.79 Å². The highest BCUT2D eigenvalue weighted by atomic mass is 16.5. The molecule has 0 fully saturated rings. The zero-order valence-corrected chi connectivity index (χ0v) is 12.1. The summed E-state index contributed by atoms with van der Waals surface area (Å²) >= 11 is 0. The van der Waals surface area contributed by atoms with Crippen LogP contribution < -0.4 is 10.1 Å². The fourth-order valence-corrected chi connectivity index (χ4v) is 2.01. The van der Waals surface area contributed by atoms with E-state index in [1.165, 1.54) is 0 Å². The van der Waals surface area contributed by atoms with Crippen molar-refractivity contribution in [1.82, 2.24) is 10.5 Å². The van der Waals surface area contributed by atoms with E-state index in [1.807, 2.05) is 32.0 Å². The number of hydrogen-bond donors (Lipinski definition) is 1. The molecule has 5 heteroatoms. The number of nitrogens with zero attached hydrogens (tertiary/aromatic N) is 1. The summed E-state index contributed by atoms with van der Waals surface area (Å²) in [5.41, 5.74) is 2.71. The third-order valence-corrected chi connectivity index (χ3v) is 3.05. The molecule has 0 spiro atoms. The highest BCUT2D eigenvalue weighted by molar-refractivity contribution is 5.91. The van der Waals surface area contributed by atoms with Crippen molar-refractivity contribution in [2.45, 2.75) is 26.8 Å². The molecular weight excluding hydrogens is 256 g/mol. The van der Waals surface area contributed by atoms with E-state index in [4.69, 9.17) is 9.26 Å². The van der Waals surface area contributed by atoms with Crippen LogP contribution in [-0.4, -0.2) is 18.2 Å². The van der Waals surface area contributed by atoms with Gasteiger partial charge in [0, 0.05) is 11.6 Å². The fourth-order valence-electron chi connectivity index (χ4n) is 2.01. The van der Waals surface area contributed by atoms with Gasteiger partial charge in [0.1, 0.15) is 5.75 Å². The van der Waals surface area contributed by atoms with E-state index < -0.39 is 0 Å². The first kappa shape index (κ1) is 14.1. The molecule has 1 aromatic heterocycles. The van der Waals surface area contributed by atoms with Crippen molar-refractivity contribution in [2.75, 3.05) is 7.11 Å². The van der Waals surface area contributed by atoms with Gasteiger partial charge in [0.15, 0.2) is 0 Å². The van der Waals surface area contributed by atoms with Gasteiger partial charge < -0.3 is 14.6 Å². The standard InChI is InChI=1S/C15H18N2O3/c1-9-5-6-13(19-4)12(7-9)11(3)16-15(18)14-8-10(2)17-20-14/h5-8,11H,1-4H3,(H,16,18). The van der Waals surface area contributed by atoms with E-state index in [0.29, 0.717) is 5.69 Å². The zero-order valence-electron chi connectivity index (χ0n) is 12.1. The van der Waals surface area contributed by atoms with Crippen molar-refractivity contribution in [3.63, 3.8) is 0 Å². The highest BCUT2D eigenvalue weighted by Gasteiger charge is 2.18. The number of aromatic nitrogens is 1. The van der Waals surface area contributed by atoms with Crippen molar-refractivity contribution in [3.05, 3.63) is 46.8 Å². The van der Waals surface area contributed by atoms with Crippen LogP contribution in [0.25, 0.3) is 0 Å². The number of benzene rings is 1. The monoisotopic (exact) mass is 274 g/mol. The van der Waals surface area contributed by atoms with Gasteiger partial charge in [-0.15, -0.1) is 0 Å². The number of methoxy groups -OCH3 is 1. The SMILES string of the molecule is COc1ccc(C)cc1C(C)NC(=O)c1cc(C)no1. The molecule has 1 unspecified atom stereocenters. The fraction of sp³-hybridized carbons (Fsp3) is 0.333. The van der Waals surface area contributed by atoms with Gasteiger partial charge in [-0.1, -0.05) is 22.9 Å². The van der Waals surface area contributed by atoms with Crippen LogP contribution in [0.1, 0.15) is 40.3 Å². The predicted molar refractivity (Wildman–Crippen MR) is 74.9 cm³/mol. The summed E-state index contributed by atoms with van der Waals surface area (Å²) in [6.07, 6.45) is 0. The van der Waals surface area contributed by atoms with Gasteiger partial charge in [0.05, 0.1) is 18.8 Å². The molecule has 20 heavy (non-hydrogen) atoms. The van der Waals surface area contributed by atoms with E-state index in [9.17, 15) is 4.79 Å². The highest BCUT2D eigenvalue weighted by Crippen LogP contribution is 2.26. The first-order valence-corrected chi connectivity index (χ1v) is 6.40. The Labute approximate surface area is 117 Å². The summed E-state index contributed by atoms with van der Waals surface area (Å²) in [6, 6.07) is 7.27. The maximum absolute atomic E-state index is 12.0. The molecule has 0 saturated carbocycles. The summed E-state index contributed by atoms with van der Waals surface area (Å²) in [7, 11) is 1.61. The molecule has 2 rings (SSSR count). The summed E-state index contributed by atoms with van der Waals surface area (Å²) in [4.78, 5) is 12.0. The van der Waals surface area contributed by atoms with Crippen LogP contribution in [0.3, 0.4) is 0 Å². The molecule has 0 aliphatic carbocycles. The molecule has 0 aliphatic heterocycles. The average molecular weight is 274 g/mol. The number of carbonyl (C=O) groups is 1. The van der Waals surface area contributed by atoms with Crippen LogP contribution in [0.15, 0.2) is 28.8 Å². The normalized spacial score (nSPS) is 12.0. The maximum atomic E-state index is 12.0. The molecule has 0 aliphatic rings. The Morgan fingerprint density at radius 2 is 2.10 bits per heavy atom. The van der Waals surface area contributed by atoms with Crippen LogP contribution in [0.2, 0.25) is 0 Å². The number of hydrogen-bond acceptors (Lipinski definition) is 4. The summed E-state index contributed by atoms with van der Waals surface area (Å²) in [5, 5.41) is 6.58. The van der Waals surface area contributed by atoms with Crippen molar-refractivity contribution < 1.29 is 14.1 Å². The lowest BCUT2D eigenvalue weighted by Gasteiger charge is -2.17. The van der Waals surface area contributed by atoms with E-state index >= 15 is 0 Å². The second-order valence-electron chi connectivity index (χ2n) is 4.77. The Kier molecular flexibility index (Phi) is 4.08. The van der Waals surface area contributed by atoms with Crippen LogP contribution in [0.4, 0.5) is 0 Å². The molecule has 0 saturated heterocycles. The minimum atomic E-state index is -0.290. The Hall–Kier alpha value is -2.30. The maximum Gasteiger partial charge on any atom is 0.290 e. The van der Waals surface area contributed by atoms with Crippen molar-refractivity contribution >= 4 is 5.91 Å². The van der Waals surface area contributed by atoms with Crippen molar-refractivity contribution in [2.24, 2.45) is 0 Å². The van der Waals surface area contributed by atoms with Gasteiger partial charge in [0.2, 0.25) is 5.76 Å². The first-order valence-electron chi connectivity index (χ1n) is 6.40. The van der Waals surface area contributed by atoms with Crippen LogP contribution >= 0.6 is 0 Å². The average Bonchev–Trinajstić information content (AvgIpc) is 2.85. The molecular formula is C15H18N2O3. The Bertz CT molecular complexity index is 619. The topological polar surface area (TPSA) is 64.4 Å². The van der Waals surface area contributed by atoms with Gasteiger partial charge in [-0.25, -0.2) is 0 Å². The number of aryl methyl sites for hydroxylation is 2. The van der Waals surface area contributed by atoms with E-state index in [1.54, 1.807) is 20.1 Å². The predicted octanol–water partition coefficient (Wildman–Crippen LogP) is 2.79. The van der Waals surface area contributed by atoms with Crippen LogP contribution in [0.5, 0.6) is 5.75 Å². The first-order chi connectivity index (χ1) is 9.51. The van der Waals surface area contributed by atoms with Gasteiger partial charge in [-0.2, -0.15) is 0 Å². The number of carbonyl (C=O) groups excluding carboxylic acids is 1. The van der Waals surface area contributed by atoms with E-state index in [2.05, 4.69) is 10.5 Å². The Morgan fingerprint density at radius 3 is 2.70 bits per heavy atom. The Morgan fingerprint density at radius 1 is 1.35 bits per heavy atom. The lowest BCUT2D eigenvalue weighted by Crippen LogP contribution is -2.26. The molecule has 2 aromatic rings. The number of rotatable bonds is 4. The molecule has 1 amide bonds. The molecule has 0 radical (unpaired) electrons. The zero-order chi connectivity index (χ0) is 14.7. The van der Waals surface area contributed by atoms with E-state index in [-0.39, 0.29) is 17.7 Å². The molecule has 106 valence electrons. The van der Waals surface area contributed by atoms with Crippen molar-refractivity contribution in [3.8, 4) is 5.75 Å². The molecule has 5 nitrogen and oxygen atoms in total. The Balaban J connectivity index is 2.17. The van der Waals surface area contributed by atoms with Crippen LogP contribution in [-0.2, 0) is 0 Å². The third-order valence-electron chi connectivity index (χ3n) is 3.05. The van der Waals surface area contributed by atoms with Gasteiger partial charge in [0.25, 0.3) is 5.91 Å². The van der Waals surface area contributed by atoms with E-state index in [0.717, 1.165) is 16.9 Å². The molecule has 1 heterocycles. The molecule has 1 atom stereocenters. The van der Waals surface area contributed by atoms with Crippen molar-refractivity contribution in [1.29, 1.82) is 0 Å². The number of nitrogens with one attached hydrogen (secondary N) is 1. The summed E-state index contributed by atoms with van der Waals surface area (Å²) < 4.78 is 10.3. The quantitative estimate of drug-likeness (QED) is 0.931. The molecule has 1 N–H and O–H groups in total. The molecule has 0 bridgehead atoms. The lowest BCUT2D eigenvalue weighted by molar-refractivity contribution is 0.0902.